The minimum absolute atomic E-state index is 0.0364. The summed E-state index contributed by atoms with van der Waals surface area (Å²) in [5.41, 5.74) is 2.31. The monoisotopic (exact) mass is 379 g/mol. The number of nitro benzene ring substituents is 2. The number of thiocarbonyl (C=S) groups is 1. The van der Waals surface area contributed by atoms with E-state index in [1.807, 2.05) is 4.90 Å². The SMILES string of the molecule is O=[N+]([O-])c1ccc(Nn2cc(C(=S)N3CCOCC3)nn2)c([N+](=O)[O-])c1. The van der Waals surface area contributed by atoms with Crippen LogP contribution in [0.4, 0.5) is 17.1 Å². The fourth-order valence-corrected chi connectivity index (χ4v) is 2.62. The molecule has 0 spiro atoms. The molecule has 13 heteroatoms. The Morgan fingerprint density at radius 2 is 1.96 bits per heavy atom. The Morgan fingerprint density at radius 1 is 1.23 bits per heavy atom. The van der Waals surface area contributed by atoms with Crippen molar-refractivity contribution >= 4 is 34.3 Å². The second kappa shape index (κ2) is 7.37. The van der Waals surface area contributed by atoms with Crippen molar-refractivity contribution < 1.29 is 14.6 Å². The highest BCUT2D eigenvalue weighted by Crippen LogP contribution is 2.28. The largest absolute Gasteiger partial charge is 0.378 e. The lowest BCUT2D eigenvalue weighted by Gasteiger charge is -2.27. The fourth-order valence-electron chi connectivity index (χ4n) is 2.35. The summed E-state index contributed by atoms with van der Waals surface area (Å²) in [5, 5.41) is 29.7. The molecule has 0 radical (unpaired) electrons. The summed E-state index contributed by atoms with van der Waals surface area (Å²) in [7, 11) is 0. The molecule has 1 fully saturated rings. The van der Waals surface area contributed by atoms with Crippen LogP contribution in [0.5, 0.6) is 0 Å². The molecule has 3 rings (SSSR count). The molecule has 1 N–H and O–H groups in total. The van der Waals surface area contributed by atoms with Gasteiger partial charge in [0.05, 0.1) is 35.3 Å². The third-order valence-corrected chi connectivity index (χ3v) is 4.10. The number of morpholine rings is 1. The van der Waals surface area contributed by atoms with Crippen LogP contribution >= 0.6 is 12.2 Å². The fraction of sp³-hybridized carbons (Fsp3) is 0.308. The van der Waals surface area contributed by atoms with Gasteiger partial charge in [0.1, 0.15) is 16.4 Å². The highest BCUT2D eigenvalue weighted by Gasteiger charge is 2.21. The summed E-state index contributed by atoms with van der Waals surface area (Å²) in [6.07, 6.45) is 1.49. The van der Waals surface area contributed by atoms with Gasteiger partial charge in [-0.15, -0.1) is 5.10 Å². The van der Waals surface area contributed by atoms with Crippen LogP contribution in [0.3, 0.4) is 0 Å². The second-order valence-corrected chi connectivity index (χ2v) is 5.67. The molecule has 1 saturated heterocycles. The number of hydrogen-bond donors (Lipinski definition) is 1. The number of benzene rings is 1. The van der Waals surface area contributed by atoms with E-state index in [1.165, 1.54) is 12.3 Å². The van der Waals surface area contributed by atoms with Crippen LogP contribution in [0, 0.1) is 20.2 Å². The Kier molecular flexibility index (Phi) is 4.99. The molecular weight excluding hydrogens is 366 g/mol. The van der Waals surface area contributed by atoms with Crippen LogP contribution < -0.4 is 5.43 Å². The maximum absolute atomic E-state index is 11.2. The van der Waals surface area contributed by atoms with Crippen LogP contribution in [0.25, 0.3) is 0 Å². The van der Waals surface area contributed by atoms with E-state index in [-0.39, 0.29) is 11.4 Å². The molecule has 0 saturated carbocycles. The predicted molar refractivity (Wildman–Crippen MR) is 92.9 cm³/mol. The molecule has 0 amide bonds. The Labute approximate surface area is 151 Å². The van der Waals surface area contributed by atoms with E-state index in [4.69, 9.17) is 17.0 Å². The molecule has 136 valence electrons. The normalized spacial score (nSPS) is 14.1. The molecule has 1 aliphatic heterocycles. The number of hydrogen-bond acceptors (Lipinski definition) is 9. The van der Waals surface area contributed by atoms with Crippen LogP contribution in [0.15, 0.2) is 24.4 Å². The summed E-state index contributed by atoms with van der Waals surface area (Å²) in [4.78, 5) is 24.1. The number of nitrogens with zero attached hydrogens (tertiary/aromatic N) is 6. The van der Waals surface area contributed by atoms with E-state index in [1.54, 1.807) is 0 Å². The van der Waals surface area contributed by atoms with Gasteiger partial charge >= 0.3 is 5.69 Å². The van der Waals surface area contributed by atoms with Gasteiger partial charge in [0.2, 0.25) is 0 Å². The van der Waals surface area contributed by atoms with Crippen molar-refractivity contribution in [2.24, 2.45) is 0 Å². The van der Waals surface area contributed by atoms with Gasteiger partial charge in [-0.2, -0.15) is 4.79 Å². The van der Waals surface area contributed by atoms with Gasteiger partial charge in [0.15, 0.2) is 0 Å². The van der Waals surface area contributed by atoms with Crippen molar-refractivity contribution in [1.29, 1.82) is 0 Å². The zero-order valence-electron chi connectivity index (χ0n) is 13.3. The van der Waals surface area contributed by atoms with Crippen LogP contribution in [0.1, 0.15) is 5.69 Å². The summed E-state index contributed by atoms with van der Waals surface area (Å²) in [6.45, 7) is 2.43. The molecule has 0 bridgehead atoms. The third-order valence-electron chi connectivity index (χ3n) is 3.63. The van der Waals surface area contributed by atoms with Crippen LogP contribution in [-0.2, 0) is 4.74 Å². The van der Waals surface area contributed by atoms with Crippen molar-refractivity contribution in [2.45, 2.75) is 0 Å². The number of nitrogens with one attached hydrogen (secondary N) is 1. The number of rotatable bonds is 5. The number of non-ortho nitro benzene ring substituents is 1. The van der Waals surface area contributed by atoms with Crippen molar-refractivity contribution in [3.63, 3.8) is 0 Å². The number of anilines is 1. The number of aromatic nitrogens is 3. The van der Waals surface area contributed by atoms with Gasteiger partial charge in [-0.25, -0.2) is 0 Å². The van der Waals surface area contributed by atoms with E-state index < -0.39 is 15.5 Å². The van der Waals surface area contributed by atoms with Gasteiger partial charge in [0, 0.05) is 19.2 Å². The van der Waals surface area contributed by atoms with Crippen molar-refractivity contribution in [3.05, 3.63) is 50.3 Å². The minimum Gasteiger partial charge on any atom is -0.378 e. The highest BCUT2D eigenvalue weighted by molar-refractivity contribution is 7.80. The Hall–Kier alpha value is -3.19. The lowest BCUT2D eigenvalue weighted by atomic mass is 10.2. The van der Waals surface area contributed by atoms with E-state index >= 15 is 0 Å². The zero-order chi connectivity index (χ0) is 18.7. The number of nitro groups is 2. The summed E-state index contributed by atoms with van der Waals surface area (Å²) >= 11 is 5.38. The molecule has 12 nitrogen and oxygen atoms in total. The molecule has 1 aliphatic rings. The van der Waals surface area contributed by atoms with Gasteiger partial charge < -0.3 is 9.64 Å². The molecule has 1 aromatic heterocycles. The standard InChI is InChI=1S/C13H13N7O5S/c21-19(22)9-1-2-10(12(7-9)20(23)24)15-18-8-11(14-16-18)13(26)17-3-5-25-6-4-17/h1-2,7-8,15H,3-6H2. The van der Waals surface area contributed by atoms with Crippen LogP contribution in [0.2, 0.25) is 0 Å². The van der Waals surface area contributed by atoms with E-state index in [0.717, 1.165) is 16.9 Å². The first-order chi connectivity index (χ1) is 12.5. The van der Waals surface area contributed by atoms with Gasteiger partial charge in [0.25, 0.3) is 5.69 Å². The average molecular weight is 379 g/mol. The van der Waals surface area contributed by atoms with Gasteiger partial charge in [-0.1, -0.05) is 12.2 Å². The topological polar surface area (TPSA) is 141 Å². The van der Waals surface area contributed by atoms with Crippen LogP contribution in [-0.4, -0.2) is 61.1 Å². The molecule has 26 heavy (non-hydrogen) atoms. The summed E-state index contributed by atoms with van der Waals surface area (Å²) in [5.74, 6) is 0. The summed E-state index contributed by atoms with van der Waals surface area (Å²) < 4.78 is 5.27. The summed E-state index contributed by atoms with van der Waals surface area (Å²) in [6, 6.07) is 3.27. The molecule has 0 aliphatic carbocycles. The first kappa shape index (κ1) is 17.6. The zero-order valence-corrected chi connectivity index (χ0v) is 14.1. The van der Waals surface area contributed by atoms with Gasteiger partial charge in [-0.3, -0.25) is 25.7 Å². The van der Waals surface area contributed by atoms with Crippen molar-refractivity contribution in [1.82, 2.24) is 20.0 Å². The first-order valence-electron chi connectivity index (χ1n) is 7.45. The second-order valence-electron chi connectivity index (χ2n) is 5.28. The predicted octanol–water partition coefficient (Wildman–Crippen LogP) is 0.977. The highest BCUT2D eigenvalue weighted by atomic mass is 32.1. The Bertz CT molecular complexity index is 864. The Balaban J connectivity index is 1.79. The van der Waals surface area contributed by atoms with Crippen molar-refractivity contribution in [3.8, 4) is 0 Å². The molecule has 1 aromatic carbocycles. The first-order valence-corrected chi connectivity index (χ1v) is 7.86. The third kappa shape index (κ3) is 3.73. The molecule has 0 atom stereocenters. The Morgan fingerprint density at radius 3 is 2.62 bits per heavy atom. The average Bonchev–Trinajstić information content (AvgIpc) is 3.10. The smallest absolute Gasteiger partial charge is 0.301 e. The quantitative estimate of drug-likeness (QED) is 0.454. The maximum atomic E-state index is 11.2. The van der Waals surface area contributed by atoms with Crippen molar-refractivity contribution in [2.75, 3.05) is 31.7 Å². The molecular formula is C13H13N7O5S. The number of ether oxygens (including phenoxy) is 1. The minimum atomic E-state index is -0.717. The molecule has 0 unspecified atom stereocenters. The van der Waals surface area contributed by atoms with E-state index in [9.17, 15) is 20.2 Å². The van der Waals surface area contributed by atoms with Gasteiger partial charge in [-0.05, 0) is 11.3 Å². The van der Waals surface area contributed by atoms with E-state index in [0.29, 0.717) is 37.0 Å². The lowest BCUT2D eigenvalue weighted by Crippen LogP contribution is -2.40. The molecule has 2 aromatic rings. The lowest BCUT2D eigenvalue weighted by molar-refractivity contribution is -0.393. The maximum Gasteiger partial charge on any atom is 0.301 e. The van der Waals surface area contributed by atoms with E-state index in [2.05, 4.69) is 15.7 Å². The molecule has 2 heterocycles.